The van der Waals surface area contributed by atoms with Crippen molar-refractivity contribution >= 4 is 38.3 Å². The summed E-state index contributed by atoms with van der Waals surface area (Å²) in [6.07, 6.45) is 1.17. The van der Waals surface area contributed by atoms with E-state index < -0.39 is 0 Å². The van der Waals surface area contributed by atoms with Gasteiger partial charge in [-0.1, -0.05) is 28.1 Å². The molecule has 1 aliphatic rings. The minimum absolute atomic E-state index is 0.00208. The van der Waals surface area contributed by atoms with Crippen molar-refractivity contribution in [2.45, 2.75) is 19.4 Å². The van der Waals surface area contributed by atoms with Crippen molar-refractivity contribution in [3.8, 4) is 0 Å². The van der Waals surface area contributed by atoms with Crippen LogP contribution in [0.3, 0.4) is 0 Å². The van der Waals surface area contributed by atoms with Gasteiger partial charge in [0.25, 0.3) is 0 Å². The molecular formula is C17H20BrN3O2S. The molecule has 2 aromatic rings. The Hall–Kier alpha value is -1.28. The van der Waals surface area contributed by atoms with Crippen molar-refractivity contribution in [3.05, 3.63) is 45.4 Å². The summed E-state index contributed by atoms with van der Waals surface area (Å²) >= 11 is 4.93. The highest BCUT2D eigenvalue weighted by molar-refractivity contribution is 9.10. The lowest BCUT2D eigenvalue weighted by molar-refractivity contribution is -0.116. The van der Waals surface area contributed by atoms with E-state index in [1.807, 2.05) is 29.6 Å². The second kappa shape index (κ2) is 8.71. The Morgan fingerprint density at radius 3 is 3.00 bits per heavy atom. The van der Waals surface area contributed by atoms with Crippen molar-refractivity contribution in [2.75, 3.05) is 31.6 Å². The number of hydrogen-bond donors (Lipinski definition) is 1. The van der Waals surface area contributed by atoms with Crippen LogP contribution in [0.25, 0.3) is 0 Å². The first kappa shape index (κ1) is 17.5. The van der Waals surface area contributed by atoms with Crippen LogP contribution < -0.4 is 5.32 Å². The highest BCUT2D eigenvalue weighted by atomic mass is 79.9. The number of morpholine rings is 1. The van der Waals surface area contributed by atoms with Crippen LogP contribution in [0, 0.1) is 0 Å². The van der Waals surface area contributed by atoms with Crippen LogP contribution in [0.2, 0.25) is 0 Å². The first-order valence-corrected chi connectivity index (χ1v) is 9.65. The van der Waals surface area contributed by atoms with Crippen LogP contribution in [0.4, 0.5) is 5.13 Å². The number of amides is 1. The highest BCUT2D eigenvalue weighted by Gasteiger charge is 2.13. The summed E-state index contributed by atoms with van der Waals surface area (Å²) in [5.41, 5.74) is 2.15. The number of aryl methyl sites for hydroxylation is 1. The minimum atomic E-state index is 0.00208. The average molecular weight is 410 g/mol. The minimum Gasteiger partial charge on any atom is -0.379 e. The van der Waals surface area contributed by atoms with Crippen molar-refractivity contribution in [1.29, 1.82) is 0 Å². The third-order valence-electron chi connectivity index (χ3n) is 3.82. The van der Waals surface area contributed by atoms with E-state index in [9.17, 15) is 4.79 Å². The maximum atomic E-state index is 12.1. The number of aromatic nitrogens is 1. The Morgan fingerprint density at radius 1 is 1.38 bits per heavy atom. The fourth-order valence-corrected chi connectivity index (χ4v) is 3.72. The third-order valence-corrected chi connectivity index (χ3v) is 5.12. The second-order valence-electron chi connectivity index (χ2n) is 5.71. The summed E-state index contributed by atoms with van der Waals surface area (Å²) in [4.78, 5) is 18.9. The molecule has 7 heteroatoms. The first-order chi connectivity index (χ1) is 11.7. The molecule has 0 radical (unpaired) electrons. The van der Waals surface area contributed by atoms with Crippen molar-refractivity contribution in [1.82, 2.24) is 9.88 Å². The molecule has 5 nitrogen and oxygen atoms in total. The Kier molecular flexibility index (Phi) is 6.37. The standard InChI is InChI=1S/C17H20BrN3O2S/c18-14-3-1-2-13(10-14)4-5-16(22)20-17-19-15(12-24-17)11-21-6-8-23-9-7-21/h1-3,10,12H,4-9,11H2,(H,19,20,22). The molecule has 1 aromatic carbocycles. The van der Waals surface area contributed by atoms with E-state index in [1.54, 1.807) is 0 Å². The van der Waals surface area contributed by atoms with Gasteiger partial charge in [-0.3, -0.25) is 9.69 Å². The molecule has 24 heavy (non-hydrogen) atoms. The summed E-state index contributed by atoms with van der Waals surface area (Å²) in [7, 11) is 0. The fraction of sp³-hybridized carbons (Fsp3) is 0.412. The van der Waals surface area contributed by atoms with Crippen LogP contribution in [0.1, 0.15) is 17.7 Å². The SMILES string of the molecule is O=C(CCc1cccc(Br)c1)Nc1nc(CN2CCOCC2)cs1. The smallest absolute Gasteiger partial charge is 0.226 e. The summed E-state index contributed by atoms with van der Waals surface area (Å²) < 4.78 is 6.38. The molecule has 1 saturated heterocycles. The van der Waals surface area contributed by atoms with E-state index in [2.05, 4.69) is 31.1 Å². The Bertz CT molecular complexity index is 686. The quantitative estimate of drug-likeness (QED) is 0.794. The van der Waals surface area contributed by atoms with Gasteiger partial charge in [-0.2, -0.15) is 0 Å². The molecule has 1 aliphatic heterocycles. The molecule has 0 saturated carbocycles. The van der Waals surface area contributed by atoms with E-state index in [0.717, 1.165) is 55.0 Å². The van der Waals surface area contributed by atoms with Gasteiger partial charge in [-0.05, 0) is 24.1 Å². The molecule has 0 spiro atoms. The van der Waals surface area contributed by atoms with Gasteiger partial charge in [0, 0.05) is 35.9 Å². The van der Waals surface area contributed by atoms with E-state index in [0.29, 0.717) is 11.6 Å². The summed E-state index contributed by atoms with van der Waals surface area (Å²) in [6, 6.07) is 8.03. The second-order valence-corrected chi connectivity index (χ2v) is 7.48. The van der Waals surface area contributed by atoms with Crippen LogP contribution in [0.5, 0.6) is 0 Å². The number of anilines is 1. The van der Waals surface area contributed by atoms with Crippen molar-refractivity contribution in [3.63, 3.8) is 0 Å². The predicted octanol–water partition coefficient (Wildman–Crippen LogP) is 3.31. The highest BCUT2D eigenvalue weighted by Crippen LogP contribution is 2.18. The zero-order chi connectivity index (χ0) is 16.8. The van der Waals surface area contributed by atoms with Gasteiger partial charge in [-0.15, -0.1) is 11.3 Å². The average Bonchev–Trinajstić information content (AvgIpc) is 3.01. The molecule has 0 atom stereocenters. The fourth-order valence-electron chi connectivity index (χ4n) is 2.56. The third kappa shape index (κ3) is 5.37. The molecule has 1 amide bonds. The molecule has 128 valence electrons. The van der Waals surface area contributed by atoms with Gasteiger partial charge in [-0.25, -0.2) is 4.98 Å². The molecule has 1 fully saturated rings. The summed E-state index contributed by atoms with van der Waals surface area (Å²) in [5.74, 6) is 0.00208. The van der Waals surface area contributed by atoms with Gasteiger partial charge >= 0.3 is 0 Å². The van der Waals surface area contributed by atoms with Gasteiger partial charge in [0.05, 0.1) is 18.9 Å². The molecule has 1 N–H and O–H groups in total. The van der Waals surface area contributed by atoms with Crippen LogP contribution in [-0.2, 0) is 22.5 Å². The van der Waals surface area contributed by atoms with Gasteiger partial charge in [0.1, 0.15) is 0 Å². The number of thiazole rings is 1. The molecular weight excluding hydrogens is 390 g/mol. The Labute approximate surface area is 154 Å². The molecule has 1 aromatic heterocycles. The van der Waals surface area contributed by atoms with Gasteiger partial charge in [0.2, 0.25) is 5.91 Å². The predicted molar refractivity (Wildman–Crippen MR) is 99.3 cm³/mol. The summed E-state index contributed by atoms with van der Waals surface area (Å²) in [5, 5.41) is 5.59. The van der Waals surface area contributed by atoms with Crippen molar-refractivity contribution in [2.24, 2.45) is 0 Å². The van der Waals surface area contributed by atoms with Gasteiger partial charge < -0.3 is 10.1 Å². The maximum Gasteiger partial charge on any atom is 0.226 e. The Morgan fingerprint density at radius 2 is 2.21 bits per heavy atom. The maximum absolute atomic E-state index is 12.1. The van der Waals surface area contributed by atoms with E-state index >= 15 is 0 Å². The largest absolute Gasteiger partial charge is 0.379 e. The topological polar surface area (TPSA) is 54.5 Å². The molecule has 0 bridgehead atoms. The number of rotatable bonds is 6. The zero-order valence-corrected chi connectivity index (χ0v) is 15.7. The number of nitrogens with one attached hydrogen (secondary N) is 1. The van der Waals surface area contributed by atoms with Crippen LogP contribution in [-0.4, -0.2) is 42.1 Å². The molecule has 3 rings (SSSR count). The molecule has 2 heterocycles. The number of ether oxygens (including phenoxy) is 1. The van der Waals surface area contributed by atoms with Gasteiger partial charge in [0.15, 0.2) is 5.13 Å². The number of hydrogen-bond acceptors (Lipinski definition) is 5. The normalized spacial score (nSPS) is 15.4. The first-order valence-electron chi connectivity index (χ1n) is 7.98. The number of carbonyl (C=O) groups excluding carboxylic acids is 1. The monoisotopic (exact) mass is 409 g/mol. The zero-order valence-electron chi connectivity index (χ0n) is 13.3. The molecule has 0 aliphatic carbocycles. The van der Waals surface area contributed by atoms with E-state index in [4.69, 9.17) is 4.74 Å². The van der Waals surface area contributed by atoms with E-state index in [1.165, 1.54) is 11.3 Å². The Balaban J connectivity index is 1.46. The van der Waals surface area contributed by atoms with Crippen LogP contribution >= 0.6 is 27.3 Å². The van der Waals surface area contributed by atoms with Crippen molar-refractivity contribution < 1.29 is 9.53 Å². The number of carbonyl (C=O) groups is 1. The lowest BCUT2D eigenvalue weighted by Gasteiger charge is -2.25. The lowest BCUT2D eigenvalue weighted by atomic mass is 10.1. The number of halogens is 1. The van der Waals surface area contributed by atoms with Crippen LogP contribution in [0.15, 0.2) is 34.1 Å². The summed E-state index contributed by atoms with van der Waals surface area (Å²) in [6.45, 7) is 4.25. The lowest BCUT2D eigenvalue weighted by Crippen LogP contribution is -2.35. The van der Waals surface area contributed by atoms with E-state index in [-0.39, 0.29) is 5.91 Å². The number of benzene rings is 1. The number of nitrogens with zero attached hydrogens (tertiary/aromatic N) is 2. The molecule has 0 unspecified atom stereocenters.